The summed E-state index contributed by atoms with van der Waals surface area (Å²) in [4.78, 5) is 64.8. The van der Waals surface area contributed by atoms with Crippen LogP contribution in [0.2, 0.25) is 0 Å². The number of nitrogens with one attached hydrogen (secondary N) is 3. The lowest BCUT2D eigenvalue weighted by molar-refractivity contribution is -0.146. The van der Waals surface area contributed by atoms with Crippen LogP contribution in [0, 0.1) is 11.3 Å². The van der Waals surface area contributed by atoms with Crippen molar-refractivity contribution in [3.05, 3.63) is 42.3 Å². The van der Waals surface area contributed by atoms with Crippen molar-refractivity contribution in [1.29, 1.82) is 0 Å². The molecule has 1 aliphatic heterocycles. The number of hydrogen-bond donors (Lipinski definition) is 4. The predicted molar refractivity (Wildman–Crippen MR) is 200 cm³/mol. The summed E-state index contributed by atoms with van der Waals surface area (Å²) < 4.78 is 17.7. The number of likely N-dealkylation sites (tertiary alicyclic amines) is 1. The van der Waals surface area contributed by atoms with E-state index < -0.39 is 58.9 Å². The van der Waals surface area contributed by atoms with Gasteiger partial charge in [0.2, 0.25) is 11.8 Å². The summed E-state index contributed by atoms with van der Waals surface area (Å²) in [5, 5.41) is 22.1. The molecule has 3 amide bonds. The number of amides is 3. The molecule has 2 aromatic heterocycles. The van der Waals surface area contributed by atoms with Crippen molar-refractivity contribution in [3.8, 4) is 22.2 Å². The fourth-order valence-electron chi connectivity index (χ4n) is 6.74. The summed E-state index contributed by atoms with van der Waals surface area (Å²) >= 11 is 1.43. The number of alkyl carbamates (subject to hydrolysis) is 1. The molecule has 2 saturated carbocycles. The highest BCUT2D eigenvalue weighted by molar-refractivity contribution is 7.13. The highest BCUT2D eigenvalue weighted by atomic mass is 32.1. The summed E-state index contributed by atoms with van der Waals surface area (Å²) in [6.07, 6.45) is 2.68. The third kappa shape index (κ3) is 8.04. The van der Waals surface area contributed by atoms with E-state index in [2.05, 4.69) is 22.5 Å². The quantitative estimate of drug-likeness (QED) is 0.165. The van der Waals surface area contributed by atoms with Gasteiger partial charge in [0.15, 0.2) is 0 Å². The molecule has 3 aromatic rings. The van der Waals surface area contributed by atoms with E-state index in [-0.39, 0.29) is 31.5 Å². The van der Waals surface area contributed by atoms with Crippen LogP contribution in [0.1, 0.15) is 66.7 Å². The monoisotopic (exact) mass is 748 g/mol. The van der Waals surface area contributed by atoms with Crippen molar-refractivity contribution >= 4 is 51.9 Å². The molecule has 0 unspecified atom stereocenters. The van der Waals surface area contributed by atoms with Crippen LogP contribution in [0.5, 0.6) is 11.5 Å². The molecule has 53 heavy (non-hydrogen) atoms. The second kappa shape index (κ2) is 14.8. The van der Waals surface area contributed by atoms with Gasteiger partial charge in [-0.3, -0.25) is 9.59 Å². The molecule has 15 heteroatoms. The van der Waals surface area contributed by atoms with Gasteiger partial charge < -0.3 is 40.2 Å². The van der Waals surface area contributed by atoms with Crippen LogP contribution in [0.15, 0.2) is 42.3 Å². The van der Waals surface area contributed by atoms with E-state index in [1.807, 2.05) is 46.1 Å². The van der Waals surface area contributed by atoms with Crippen LogP contribution < -0.4 is 25.4 Å². The molecule has 5 atom stereocenters. The number of carbonyl (C=O) groups is 4. The lowest BCUT2D eigenvalue weighted by Gasteiger charge is -2.36. The highest BCUT2D eigenvalue weighted by Crippen LogP contribution is 2.45. The molecule has 3 fully saturated rings. The molecule has 0 spiro atoms. The number of anilines is 1. The molecule has 3 aliphatic rings. The Kier molecular flexibility index (Phi) is 10.6. The van der Waals surface area contributed by atoms with Gasteiger partial charge in [0, 0.05) is 41.3 Å². The van der Waals surface area contributed by atoms with E-state index in [0.717, 1.165) is 25.1 Å². The number of ether oxygens (including phenoxy) is 3. The van der Waals surface area contributed by atoms with Gasteiger partial charge >= 0.3 is 12.1 Å². The molecule has 6 rings (SSSR count). The SMILES string of the molecule is C=C[C@@H]1C[C@]1(NC(=O)[C@@H]1C[C@@H](Oc2cc(-c3nc(NC(C)C)cs3)nc3cc(OC)ccc23)CN1C(=O)[C@@H](NC(=O)OC1CCC1)C(C)(C)C)C(=O)O. The van der Waals surface area contributed by atoms with Crippen molar-refractivity contribution in [3.63, 3.8) is 0 Å². The van der Waals surface area contributed by atoms with Gasteiger partial charge in [-0.25, -0.2) is 19.6 Å². The summed E-state index contributed by atoms with van der Waals surface area (Å²) in [5.41, 5.74) is -1.11. The maximum atomic E-state index is 14.5. The van der Waals surface area contributed by atoms with Crippen molar-refractivity contribution in [2.45, 2.75) is 103 Å². The van der Waals surface area contributed by atoms with Crippen LogP contribution in [-0.4, -0.2) is 93.4 Å². The number of benzene rings is 1. The number of carboxylic acids is 1. The van der Waals surface area contributed by atoms with Crippen molar-refractivity contribution in [2.75, 3.05) is 19.0 Å². The number of thiazole rings is 1. The summed E-state index contributed by atoms with van der Waals surface area (Å²) in [6, 6.07) is 5.25. The fourth-order valence-corrected chi connectivity index (χ4v) is 7.46. The average Bonchev–Trinajstić information content (AvgIpc) is 3.36. The van der Waals surface area contributed by atoms with Gasteiger partial charge in [-0.05, 0) is 57.1 Å². The van der Waals surface area contributed by atoms with E-state index in [0.29, 0.717) is 33.1 Å². The fraction of sp³-hybridized carbons (Fsp3) is 0.526. The van der Waals surface area contributed by atoms with Gasteiger partial charge in [0.05, 0.1) is 19.2 Å². The van der Waals surface area contributed by atoms with E-state index in [1.165, 1.54) is 22.3 Å². The maximum Gasteiger partial charge on any atom is 0.408 e. The molecule has 3 heterocycles. The normalized spacial score (nSPS) is 23.2. The minimum atomic E-state index is -1.51. The molecule has 4 N–H and O–H groups in total. The van der Waals surface area contributed by atoms with Gasteiger partial charge in [-0.1, -0.05) is 26.8 Å². The first kappa shape index (κ1) is 37.8. The number of fused-ring (bicyclic) bond motifs is 1. The number of hydrogen-bond acceptors (Lipinski definition) is 11. The lowest BCUT2D eigenvalue weighted by atomic mass is 9.85. The van der Waals surface area contributed by atoms with Crippen LogP contribution in [-0.2, 0) is 19.1 Å². The Balaban J connectivity index is 1.33. The Bertz CT molecular complexity index is 1900. The summed E-state index contributed by atoms with van der Waals surface area (Å²) in [5.74, 6) is -0.969. The smallest absolute Gasteiger partial charge is 0.408 e. The zero-order chi connectivity index (χ0) is 38.2. The zero-order valence-corrected chi connectivity index (χ0v) is 31.7. The predicted octanol–water partition coefficient (Wildman–Crippen LogP) is 5.37. The molecule has 284 valence electrons. The van der Waals surface area contributed by atoms with E-state index >= 15 is 0 Å². The van der Waals surface area contributed by atoms with Gasteiger partial charge in [-0.15, -0.1) is 17.9 Å². The zero-order valence-electron chi connectivity index (χ0n) is 30.9. The van der Waals surface area contributed by atoms with Gasteiger partial charge in [0.25, 0.3) is 0 Å². The Morgan fingerprint density at radius 3 is 2.49 bits per heavy atom. The molecular formula is C38H48N6O8S. The average molecular weight is 749 g/mol. The number of rotatable bonds is 13. The van der Waals surface area contributed by atoms with Crippen LogP contribution in [0.3, 0.4) is 0 Å². The molecule has 1 aromatic carbocycles. The molecule has 1 saturated heterocycles. The largest absolute Gasteiger partial charge is 0.497 e. The first-order valence-electron chi connectivity index (χ1n) is 17.9. The number of nitrogens with zero attached hydrogens (tertiary/aromatic N) is 3. The maximum absolute atomic E-state index is 14.5. The number of pyridine rings is 1. The lowest BCUT2D eigenvalue weighted by Crippen LogP contribution is -2.59. The topological polar surface area (TPSA) is 181 Å². The Morgan fingerprint density at radius 2 is 1.89 bits per heavy atom. The third-order valence-corrected chi connectivity index (χ3v) is 10.9. The Hall–Kier alpha value is -4.92. The molecule has 14 nitrogen and oxygen atoms in total. The Morgan fingerprint density at radius 1 is 1.13 bits per heavy atom. The summed E-state index contributed by atoms with van der Waals surface area (Å²) in [6.45, 7) is 13.2. The van der Waals surface area contributed by atoms with Crippen LogP contribution in [0.25, 0.3) is 21.6 Å². The molecule has 2 aliphatic carbocycles. The van der Waals surface area contributed by atoms with E-state index in [4.69, 9.17) is 24.2 Å². The molecule has 0 bridgehead atoms. The highest BCUT2D eigenvalue weighted by Gasteiger charge is 2.61. The van der Waals surface area contributed by atoms with E-state index in [9.17, 15) is 24.3 Å². The number of methoxy groups -OCH3 is 1. The van der Waals surface area contributed by atoms with Crippen LogP contribution >= 0.6 is 11.3 Å². The van der Waals surface area contributed by atoms with Crippen molar-refractivity contribution < 1.29 is 38.5 Å². The van der Waals surface area contributed by atoms with Crippen LogP contribution in [0.4, 0.5) is 10.6 Å². The second-order valence-corrected chi connectivity index (χ2v) is 16.3. The standard InChI is InChI=1S/C38H48N6O8S/c1-8-21-17-38(21,35(47)48)43-32(45)28-15-24(18-44(28)34(46)31(37(4,5)6)42-36(49)52-22-10-9-11-22)51-29-16-27(33-41-30(19-53-33)39-20(2)3)40-26-14-23(50-7)12-13-25(26)29/h8,12-14,16,19-22,24,28,31,39H,1,9-11,15,17-18H2,2-7H3,(H,42,49)(H,43,45)(H,47,48)/t21-,24-,28+,31-,38-/m1/s1. The minimum Gasteiger partial charge on any atom is -0.497 e. The van der Waals surface area contributed by atoms with Gasteiger partial charge in [0.1, 0.15) is 57.8 Å². The third-order valence-electron chi connectivity index (χ3n) is 10.0. The number of aromatic nitrogens is 2. The molecular weight excluding hydrogens is 701 g/mol. The first-order chi connectivity index (χ1) is 25.1. The number of carboxylic acid groups (broad SMARTS) is 1. The second-order valence-electron chi connectivity index (χ2n) is 15.4. The Labute approximate surface area is 312 Å². The van der Waals surface area contributed by atoms with E-state index in [1.54, 1.807) is 25.3 Å². The van der Waals surface area contributed by atoms with Crippen molar-refractivity contribution in [2.24, 2.45) is 11.3 Å². The van der Waals surface area contributed by atoms with Gasteiger partial charge in [-0.2, -0.15) is 0 Å². The number of aliphatic carboxylic acids is 1. The van der Waals surface area contributed by atoms with Crippen molar-refractivity contribution in [1.82, 2.24) is 25.5 Å². The minimum absolute atomic E-state index is 0.0111. The number of carbonyl (C=O) groups excluding carboxylic acids is 3. The molecule has 0 radical (unpaired) electrons. The summed E-state index contributed by atoms with van der Waals surface area (Å²) in [7, 11) is 1.57. The first-order valence-corrected chi connectivity index (χ1v) is 18.8.